The fraction of sp³-hybridized carbons (Fsp3) is 0.500. The molecule has 2 rings (SSSR count). The molecule has 0 saturated heterocycles. The number of amides is 3. The number of hydroxylamine groups is 4. The van der Waals surface area contributed by atoms with Crippen molar-refractivity contribution in [2.24, 2.45) is 5.73 Å². The molecule has 2 aromatic rings. The van der Waals surface area contributed by atoms with Gasteiger partial charge in [-0.15, -0.1) is 0 Å². The lowest BCUT2D eigenvalue weighted by atomic mass is 10.2. The first-order valence-electron chi connectivity index (χ1n) is 13.9. The van der Waals surface area contributed by atoms with Crippen LogP contribution in [0.3, 0.4) is 0 Å². The zero-order valence-electron chi connectivity index (χ0n) is 23.2. The van der Waals surface area contributed by atoms with Crippen LogP contribution in [0.15, 0.2) is 60.7 Å². The summed E-state index contributed by atoms with van der Waals surface area (Å²) in [4.78, 5) is 48.3. The van der Waals surface area contributed by atoms with E-state index in [1.165, 1.54) is 17.1 Å². The van der Waals surface area contributed by atoms with E-state index >= 15 is 0 Å². The minimum absolute atomic E-state index is 0.0871. The number of nitrogens with two attached hydrogens (primary N) is 1. The van der Waals surface area contributed by atoms with Gasteiger partial charge in [0.25, 0.3) is 0 Å². The number of carbonyl (C=O) groups is 3. The van der Waals surface area contributed by atoms with Crippen molar-refractivity contribution in [2.75, 3.05) is 26.2 Å². The van der Waals surface area contributed by atoms with Crippen LogP contribution in [0.2, 0.25) is 0 Å². The molecular formula is C30H44N4O5. The minimum atomic E-state index is -0.200. The number of rotatable bonds is 20. The van der Waals surface area contributed by atoms with Crippen LogP contribution in [0.5, 0.6) is 0 Å². The Morgan fingerprint density at radius 3 is 1.82 bits per heavy atom. The van der Waals surface area contributed by atoms with Crippen molar-refractivity contribution in [1.29, 1.82) is 0 Å². The van der Waals surface area contributed by atoms with Gasteiger partial charge in [-0.1, -0.05) is 67.1 Å². The Kier molecular flexibility index (Phi) is 16.2. The third-order valence-corrected chi connectivity index (χ3v) is 6.08. The van der Waals surface area contributed by atoms with E-state index in [4.69, 9.17) is 15.4 Å². The highest BCUT2D eigenvalue weighted by Gasteiger charge is 2.16. The maximum Gasteiger partial charge on any atom is 0.246 e. The maximum atomic E-state index is 12.8. The van der Waals surface area contributed by atoms with Crippen molar-refractivity contribution in [3.05, 3.63) is 71.8 Å². The van der Waals surface area contributed by atoms with E-state index in [2.05, 4.69) is 5.32 Å². The number of nitrogens with one attached hydrogen (secondary N) is 1. The minimum Gasteiger partial charge on any atom is -0.356 e. The van der Waals surface area contributed by atoms with Crippen molar-refractivity contribution in [3.63, 3.8) is 0 Å². The molecule has 0 unspecified atom stereocenters. The Bertz CT molecular complexity index is 958. The highest BCUT2D eigenvalue weighted by molar-refractivity contribution is 5.83. The van der Waals surface area contributed by atoms with Gasteiger partial charge in [-0.05, 0) is 49.8 Å². The normalized spacial score (nSPS) is 10.7. The molecule has 0 fully saturated rings. The lowest BCUT2D eigenvalue weighted by molar-refractivity contribution is -0.192. The highest BCUT2D eigenvalue weighted by atomic mass is 16.7. The van der Waals surface area contributed by atoms with Gasteiger partial charge in [0, 0.05) is 39.4 Å². The van der Waals surface area contributed by atoms with E-state index in [0.29, 0.717) is 39.4 Å². The summed E-state index contributed by atoms with van der Waals surface area (Å²) in [5, 5.41) is 5.65. The zero-order chi connectivity index (χ0) is 28.1. The molecule has 214 valence electrons. The second-order valence-electron chi connectivity index (χ2n) is 9.39. The Morgan fingerprint density at radius 1 is 0.718 bits per heavy atom. The van der Waals surface area contributed by atoms with Crippen molar-refractivity contribution >= 4 is 17.7 Å². The molecule has 39 heavy (non-hydrogen) atoms. The van der Waals surface area contributed by atoms with Gasteiger partial charge in [0.1, 0.15) is 13.2 Å². The largest absolute Gasteiger partial charge is 0.356 e. The average molecular weight is 541 g/mol. The first-order valence-corrected chi connectivity index (χ1v) is 13.9. The van der Waals surface area contributed by atoms with Crippen LogP contribution < -0.4 is 11.1 Å². The summed E-state index contributed by atoms with van der Waals surface area (Å²) in [5.41, 5.74) is 7.55. The third kappa shape index (κ3) is 14.5. The van der Waals surface area contributed by atoms with E-state index in [-0.39, 0.29) is 30.6 Å². The predicted octanol–water partition coefficient (Wildman–Crippen LogP) is 4.12. The Labute approximate surface area is 232 Å². The summed E-state index contributed by atoms with van der Waals surface area (Å²) in [5.74, 6) is -0.496. The van der Waals surface area contributed by atoms with E-state index < -0.39 is 0 Å². The fourth-order valence-corrected chi connectivity index (χ4v) is 3.82. The van der Waals surface area contributed by atoms with Gasteiger partial charge in [0.2, 0.25) is 17.7 Å². The van der Waals surface area contributed by atoms with E-state index in [1.54, 1.807) is 0 Å². The summed E-state index contributed by atoms with van der Waals surface area (Å²) in [7, 11) is 0. The molecule has 0 spiro atoms. The van der Waals surface area contributed by atoms with Gasteiger partial charge in [0.15, 0.2) is 0 Å². The summed E-state index contributed by atoms with van der Waals surface area (Å²) in [6, 6.07) is 19.4. The van der Waals surface area contributed by atoms with Crippen molar-refractivity contribution in [1.82, 2.24) is 15.4 Å². The molecule has 0 bridgehead atoms. The second kappa shape index (κ2) is 19.7. The first kappa shape index (κ1) is 31.9. The van der Waals surface area contributed by atoms with Crippen LogP contribution >= 0.6 is 0 Å². The molecule has 0 heterocycles. The van der Waals surface area contributed by atoms with Crippen LogP contribution in [-0.4, -0.2) is 54.0 Å². The molecule has 9 nitrogen and oxygen atoms in total. The van der Waals surface area contributed by atoms with Crippen LogP contribution in [0, 0.1) is 0 Å². The van der Waals surface area contributed by atoms with Crippen molar-refractivity contribution in [3.8, 4) is 0 Å². The Hall–Kier alpha value is -3.27. The monoisotopic (exact) mass is 540 g/mol. The zero-order valence-corrected chi connectivity index (χ0v) is 23.2. The van der Waals surface area contributed by atoms with Gasteiger partial charge in [0.05, 0.1) is 0 Å². The molecule has 0 aliphatic carbocycles. The summed E-state index contributed by atoms with van der Waals surface area (Å²) < 4.78 is 0. The fourth-order valence-electron chi connectivity index (χ4n) is 3.82. The Morgan fingerprint density at radius 2 is 1.26 bits per heavy atom. The van der Waals surface area contributed by atoms with E-state index in [0.717, 1.165) is 49.7 Å². The van der Waals surface area contributed by atoms with Crippen molar-refractivity contribution in [2.45, 2.75) is 71.5 Å². The number of carbonyl (C=O) groups excluding carboxylic acids is 3. The van der Waals surface area contributed by atoms with E-state index in [9.17, 15) is 14.4 Å². The Balaban J connectivity index is 1.62. The molecule has 0 aliphatic heterocycles. The first-order chi connectivity index (χ1) is 19.0. The molecule has 0 atom stereocenters. The number of hydrogen-bond donors (Lipinski definition) is 2. The lowest BCUT2D eigenvalue weighted by Crippen LogP contribution is -2.33. The number of hydrogen-bond acceptors (Lipinski definition) is 6. The molecular weight excluding hydrogens is 496 g/mol. The molecule has 3 N–H and O–H groups in total. The van der Waals surface area contributed by atoms with Gasteiger partial charge in [-0.3, -0.25) is 24.1 Å². The average Bonchev–Trinajstić information content (AvgIpc) is 2.95. The van der Waals surface area contributed by atoms with Crippen LogP contribution in [0.1, 0.15) is 69.4 Å². The molecule has 9 heteroatoms. The molecule has 0 radical (unpaired) electrons. The maximum absolute atomic E-state index is 12.8. The highest BCUT2D eigenvalue weighted by Crippen LogP contribution is 2.09. The van der Waals surface area contributed by atoms with Gasteiger partial charge >= 0.3 is 0 Å². The van der Waals surface area contributed by atoms with Crippen LogP contribution in [0.4, 0.5) is 0 Å². The number of benzene rings is 2. The van der Waals surface area contributed by atoms with Gasteiger partial charge in [-0.2, -0.15) is 0 Å². The summed E-state index contributed by atoms with van der Waals surface area (Å²) in [6.07, 6.45) is 5.18. The predicted molar refractivity (Wildman–Crippen MR) is 151 cm³/mol. The molecule has 0 saturated carbocycles. The summed E-state index contributed by atoms with van der Waals surface area (Å²) in [6.45, 7) is 4.24. The quantitative estimate of drug-likeness (QED) is 0.193. The molecule has 0 aromatic heterocycles. The third-order valence-electron chi connectivity index (χ3n) is 6.08. The van der Waals surface area contributed by atoms with Crippen molar-refractivity contribution < 1.29 is 24.1 Å². The lowest BCUT2D eigenvalue weighted by Gasteiger charge is -2.22. The van der Waals surface area contributed by atoms with Crippen LogP contribution in [0.25, 0.3) is 0 Å². The van der Waals surface area contributed by atoms with Gasteiger partial charge in [-0.25, -0.2) is 10.1 Å². The molecule has 2 aromatic carbocycles. The smallest absolute Gasteiger partial charge is 0.246 e. The van der Waals surface area contributed by atoms with Gasteiger partial charge < -0.3 is 11.1 Å². The van der Waals surface area contributed by atoms with E-state index in [1.807, 2.05) is 60.7 Å². The number of nitrogens with zero attached hydrogens (tertiary/aromatic N) is 2. The molecule has 0 aliphatic rings. The topological polar surface area (TPSA) is 114 Å². The van der Waals surface area contributed by atoms with Crippen LogP contribution in [-0.2, 0) is 37.3 Å². The standard InChI is InChI=1S/C30H44N4O5/c1-26(35)33(38-24-27-14-6-2-7-15-27)22-13-5-11-21-32-29(36)18-19-30(37)34(23-12-4-10-20-31)39-25-28-16-8-3-9-17-28/h2-3,6-9,14-17H,4-5,10-13,18-25,31H2,1H3,(H,32,36). The SMILES string of the molecule is CC(=O)N(CCCCCNC(=O)CCC(=O)N(CCCCCN)OCc1ccccc1)OCc1ccccc1. The summed E-state index contributed by atoms with van der Waals surface area (Å²) >= 11 is 0. The second-order valence-corrected chi connectivity index (χ2v) is 9.39. The molecule has 3 amide bonds. The number of unbranched alkanes of at least 4 members (excludes halogenated alkanes) is 4.